The molecule has 0 atom stereocenters. The highest BCUT2D eigenvalue weighted by Crippen LogP contribution is 2.29. The molecule has 8 heteroatoms. The van der Waals surface area contributed by atoms with Crippen LogP contribution in [-0.2, 0) is 0 Å². The predicted molar refractivity (Wildman–Crippen MR) is 87.6 cm³/mol. The minimum absolute atomic E-state index is 0.349. The van der Waals surface area contributed by atoms with E-state index in [2.05, 4.69) is 15.4 Å². The normalized spacial score (nSPS) is 11.3. The monoisotopic (exact) mass is 352 g/mol. The van der Waals surface area contributed by atoms with Crippen LogP contribution in [0.1, 0.15) is 0 Å². The summed E-state index contributed by atoms with van der Waals surface area (Å²) >= 11 is 1.43. The molecule has 2 amide bonds. The molecule has 0 aliphatic rings. The number of halogens is 3. The molecule has 3 rings (SSSR count). The van der Waals surface area contributed by atoms with Crippen molar-refractivity contribution in [2.75, 3.05) is 10.6 Å². The van der Waals surface area contributed by atoms with Crippen molar-refractivity contribution in [2.45, 2.75) is 6.36 Å². The van der Waals surface area contributed by atoms with Crippen molar-refractivity contribution in [3.05, 3.63) is 54.6 Å². The first-order valence-electron chi connectivity index (χ1n) is 6.81. The number of carbonyl (C=O) groups is 1. The number of ether oxygens (including phenoxy) is 1. The maximum absolute atomic E-state index is 12.1. The lowest BCUT2D eigenvalue weighted by Gasteiger charge is -2.10. The van der Waals surface area contributed by atoms with Gasteiger partial charge in [-0.15, -0.1) is 24.5 Å². The number of anilines is 2. The average molecular weight is 352 g/mol. The Morgan fingerprint density at radius 1 is 1.00 bits per heavy atom. The summed E-state index contributed by atoms with van der Waals surface area (Å²) in [7, 11) is 0. The Morgan fingerprint density at radius 3 is 2.38 bits per heavy atom. The number of alkyl halides is 3. The maximum Gasteiger partial charge on any atom is 0.573 e. The molecule has 0 aliphatic heterocycles. The van der Waals surface area contributed by atoms with Crippen LogP contribution in [0.3, 0.4) is 0 Å². The highest BCUT2D eigenvalue weighted by atomic mass is 32.1. The molecule has 1 heterocycles. The zero-order valence-electron chi connectivity index (χ0n) is 12.1. The highest BCUT2D eigenvalue weighted by molar-refractivity contribution is 7.22. The first-order chi connectivity index (χ1) is 11.4. The van der Waals surface area contributed by atoms with E-state index in [1.165, 1.54) is 23.5 Å². The first-order valence-corrected chi connectivity index (χ1v) is 7.63. The van der Waals surface area contributed by atoms with Gasteiger partial charge in [0.15, 0.2) is 0 Å². The Bertz CT molecular complexity index is 827. The first kappa shape index (κ1) is 16.1. The van der Waals surface area contributed by atoms with E-state index in [0.717, 1.165) is 22.2 Å². The van der Waals surface area contributed by atoms with E-state index in [1.807, 2.05) is 30.3 Å². The van der Waals surface area contributed by atoms with Gasteiger partial charge in [0.2, 0.25) is 0 Å². The minimum atomic E-state index is -4.74. The van der Waals surface area contributed by atoms with Gasteiger partial charge in [0.1, 0.15) is 5.75 Å². The van der Waals surface area contributed by atoms with Crippen LogP contribution in [0, 0.1) is 0 Å². The third-order valence-corrected chi connectivity index (χ3v) is 4.04. The zero-order chi connectivity index (χ0) is 17.2. The van der Waals surface area contributed by atoms with Crippen molar-refractivity contribution in [1.82, 2.24) is 0 Å². The molecular weight excluding hydrogens is 341 g/mol. The summed E-state index contributed by atoms with van der Waals surface area (Å²) in [5.74, 6) is -0.349. The van der Waals surface area contributed by atoms with Gasteiger partial charge in [-0.25, -0.2) is 4.79 Å². The second-order valence-electron chi connectivity index (χ2n) is 4.80. The van der Waals surface area contributed by atoms with Gasteiger partial charge >= 0.3 is 12.4 Å². The zero-order valence-corrected chi connectivity index (χ0v) is 12.9. The quantitative estimate of drug-likeness (QED) is 0.659. The van der Waals surface area contributed by atoms with Crippen LogP contribution in [0.25, 0.3) is 10.1 Å². The summed E-state index contributed by atoms with van der Waals surface area (Å²) < 4.78 is 41.1. The Labute approximate surface area is 138 Å². The molecule has 0 saturated carbocycles. The lowest BCUT2D eigenvalue weighted by Crippen LogP contribution is -2.19. The summed E-state index contributed by atoms with van der Waals surface area (Å²) in [4.78, 5) is 11.9. The summed E-state index contributed by atoms with van der Waals surface area (Å²) in [6.45, 7) is 0. The molecule has 2 N–H and O–H groups in total. The molecule has 0 spiro atoms. The maximum atomic E-state index is 12.1. The van der Waals surface area contributed by atoms with E-state index in [9.17, 15) is 18.0 Å². The van der Waals surface area contributed by atoms with Crippen molar-refractivity contribution in [3.8, 4) is 5.75 Å². The van der Waals surface area contributed by atoms with Gasteiger partial charge in [0.05, 0.1) is 5.00 Å². The van der Waals surface area contributed by atoms with Gasteiger partial charge in [-0.1, -0.05) is 18.2 Å². The number of nitrogens with one attached hydrogen (secondary N) is 2. The smallest absolute Gasteiger partial charge is 0.406 e. The van der Waals surface area contributed by atoms with Crippen molar-refractivity contribution in [2.24, 2.45) is 0 Å². The van der Waals surface area contributed by atoms with Crippen LogP contribution in [0.2, 0.25) is 0 Å². The number of carbonyl (C=O) groups excluding carboxylic acids is 1. The topological polar surface area (TPSA) is 50.4 Å². The van der Waals surface area contributed by atoms with Gasteiger partial charge < -0.3 is 10.1 Å². The molecule has 0 radical (unpaired) electrons. The van der Waals surface area contributed by atoms with Crippen LogP contribution in [-0.4, -0.2) is 12.4 Å². The fourth-order valence-electron chi connectivity index (χ4n) is 2.06. The van der Waals surface area contributed by atoms with Crippen LogP contribution in [0.5, 0.6) is 5.75 Å². The number of benzene rings is 2. The third-order valence-electron chi connectivity index (χ3n) is 3.01. The number of fused-ring (bicyclic) bond motifs is 1. The van der Waals surface area contributed by atoms with Crippen molar-refractivity contribution < 1.29 is 22.7 Å². The van der Waals surface area contributed by atoms with E-state index < -0.39 is 12.4 Å². The van der Waals surface area contributed by atoms with Crippen molar-refractivity contribution >= 4 is 38.1 Å². The summed E-state index contributed by atoms with van der Waals surface area (Å²) in [6, 6.07) is 14.0. The highest BCUT2D eigenvalue weighted by Gasteiger charge is 2.30. The Balaban J connectivity index is 1.62. The number of thiophene rings is 1. The van der Waals surface area contributed by atoms with Crippen molar-refractivity contribution in [1.29, 1.82) is 0 Å². The second-order valence-corrected chi connectivity index (χ2v) is 5.88. The van der Waals surface area contributed by atoms with Crippen LogP contribution in [0.4, 0.5) is 28.7 Å². The summed E-state index contributed by atoms with van der Waals surface area (Å²) in [5.41, 5.74) is 0.350. The van der Waals surface area contributed by atoms with Crippen LogP contribution >= 0.6 is 11.3 Å². The molecule has 0 saturated heterocycles. The third kappa shape index (κ3) is 4.17. The molecule has 0 aliphatic carbocycles. The van der Waals surface area contributed by atoms with E-state index >= 15 is 0 Å². The average Bonchev–Trinajstić information content (AvgIpc) is 2.89. The minimum Gasteiger partial charge on any atom is -0.406 e. The van der Waals surface area contributed by atoms with Crippen LogP contribution in [0.15, 0.2) is 54.6 Å². The molecule has 0 bridgehead atoms. The molecular formula is C16H11F3N2O2S. The summed E-state index contributed by atoms with van der Waals surface area (Å²) in [5, 5.41) is 6.93. The Morgan fingerprint density at radius 2 is 1.71 bits per heavy atom. The van der Waals surface area contributed by atoms with Crippen molar-refractivity contribution in [3.63, 3.8) is 0 Å². The molecule has 0 fully saturated rings. The number of hydrogen-bond acceptors (Lipinski definition) is 3. The lowest BCUT2D eigenvalue weighted by atomic mass is 10.3. The molecule has 2 aromatic carbocycles. The number of amides is 2. The van der Waals surface area contributed by atoms with Gasteiger partial charge in [0.25, 0.3) is 0 Å². The van der Waals surface area contributed by atoms with E-state index in [1.54, 1.807) is 0 Å². The SMILES string of the molecule is O=C(Nc1ccc(OC(F)(F)F)cc1)Nc1cc2ccccc2s1. The van der Waals surface area contributed by atoms with Crippen LogP contribution < -0.4 is 15.4 Å². The molecule has 24 heavy (non-hydrogen) atoms. The molecule has 124 valence electrons. The Kier molecular flexibility index (Phi) is 4.30. The second kappa shape index (κ2) is 6.40. The standard InChI is InChI=1S/C16H11F3N2O2S/c17-16(18,19)23-12-7-5-11(6-8-12)20-15(22)21-14-9-10-3-1-2-4-13(10)24-14/h1-9H,(H2,20,21,22). The number of hydrogen-bond donors (Lipinski definition) is 2. The molecule has 0 unspecified atom stereocenters. The van der Waals surface area contributed by atoms with E-state index in [0.29, 0.717) is 10.7 Å². The van der Waals surface area contributed by atoms with Gasteiger partial charge in [-0.2, -0.15) is 0 Å². The largest absolute Gasteiger partial charge is 0.573 e. The molecule has 1 aromatic heterocycles. The van der Waals surface area contributed by atoms with E-state index in [-0.39, 0.29) is 5.75 Å². The predicted octanol–water partition coefficient (Wildman–Crippen LogP) is 5.44. The number of rotatable bonds is 3. The van der Waals surface area contributed by atoms with Gasteiger partial charge in [-0.05, 0) is 41.8 Å². The fraction of sp³-hybridized carbons (Fsp3) is 0.0625. The van der Waals surface area contributed by atoms with E-state index in [4.69, 9.17) is 0 Å². The Hall–Kier alpha value is -2.74. The fourth-order valence-corrected chi connectivity index (χ4v) is 3.02. The number of urea groups is 1. The molecule has 4 nitrogen and oxygen atoms in total. The molecule has 3 aromatic rings. The lowest BCUT2D eigenvalue weighted by molar-refractivity contribution is -0.274. The summed E-state index contributed by atoms with van der Waals surface area (Å²) in [6.07, 6.45) is -4.74. The van der Waals surface area contributed by atoms with Gasteiger partial charge in [0, 0.05) is 10.4 Å². The van der Waals surface area contributed by atoms with Gasteiger partial charge in [-0.3, -0.25) is 5.32 Å².